The van der Waals surface area contributed by atoms with Gasteiger partial charge in [0.2, 0.25) is 0 Å². The molecule has 0 unspecified atom stereocenters. The fourth-order valence-electron chi connectivity index (χ4n) is 1.94. The number of thioether (sulfide) groups is 1. The minimum atomic E-state index is 0.902. The largest absolute Gasteiger partial charge is 0.317 e. The van der Waals surface area contributed by atoms with Crippen molar-refractivity contribution in [2.24, 2.45) is 5.92 Å². The Hall–Kier alpha value is -0.610. The summed E-state index contributed by atoms with van der Waals surface area (Å²) in [5.74, 6) is 2.05. The Bertz CT molecular complexity index is 307. The second-order valence-electron chi connectivity index (χ2n) is 4.37. The maximum Gasteiger partial charge on any atom is 0.187 e. The Morgan fingerprint density at radius 3 is 2.69 bits per heavy atom. The molecule has 0 atom stereocenters. The van der Waals surface area contributed by atoms with E-state index in [0.29, 0.717) is 0 Å². The second kappa shape index (κ2) is 6.21. The van der Waals surface area contributed by atoms with Gasteiger partial charge in [-0.1, -0.05) is 11.8 Å². The lowest BCUT2D eigenvalue weighted by atomic mass is 9.96. The summed E-state index contributed by atoms with van der Waals surface area (Å²) in [6.07, 6.45) is 7.73. The van der Waals surface area contributed by atoms with Crippen molar-refractivity contribution in [3.8, 4) is 0 Å². The van der Waals surface area contributed by atoms with Gasteiger partial charge in [-0.15, -0.1) is 0 Å². The van der Waals surface area contributed by atoms with Crippen molar-refractivity contribution in [3.63, 3.8) is 0 Å². The van der Waals surface area contributed by atoms with Crippen LogP contribution in [0.1, 0.15) is 24.8 Å². The van der Waals surface area contributed by atoms with Crippen LogP contribution in [0.4, 0.5) is 0 Å². The molecule has 1 fully saturated rings. The summed E-state index contributed by atoms with van der Waals surface area (Å²) >= 11 is 1.78. The SMILES string of the molecule is Cc1cnc(SCCC2CCNCC2)nc1. The van der Waals surface area contributed by atoms with Crippen LogP contribution in [0.15, 0.2) is 17.6 Å². The number of aryl methyl sites for hydroxylation is 1. The Labute approximate surface area is 101 Å². The second-order valence-corrected chi connectivity index (χ2v) is 5.44. The Kier molecular flexibility index (Phi) is 4.60. The first-order chi connectivity index (χ1) is 7.84. The molecule has 1 aliphatic rings. The van der Waals surface area contributed by atoms with Crippen molar-refractivity contribution in [1.29, 1.82) is 0 Å². The lowest BCUT2D eigenvalue weighted by Crippen LogP contribution is -2.27. The van der Waals surface area contributed by atoms with Crippen molar-refractivity contribution < 1.29 is 0 Å². The van der Waals surface area contributed by atoms with E-state index in [9.17, 15) is 0 Å². The summed E-state index contributed by atoms with van der Waals surface area (Å²) in [5.41, 5.74) is 1.13. The summed E-state index contributed by atoms with van der Waals surface area (Å²) in [4.78, 5) is 8.60. The van der Waals surface area contributed by atoms with Gasteiger partial charge in [-0.3, -0.25) is 0 Å². The topological polar surface area (TPSA) is 37.8 Å². The quantitative estimate of drug-likeness (QED) is 0.644. The zero-order chi connectivity index (χ0) is 11.2. The first kappa shape index (κ1) is 11.9. The Morgan fingerprint density at radius 2 is 2.00 bits per heavy atom. The summed E-state index contributed by atoms with van der Waals surface area (Å²) in [6, 6.07) is 0. The van der Waals surface area contributed by atoms with E-state index in [1.54, 1.807) is 11.8 Å². The van der Waals surface area contributed by atoms with Crippen LogP contribution in [0.25, 0.3) is 0 Å². The van der Waals surface area contributed by atoms with E-state index >= 15 is 0 Å². The molecule has 88 valence electrons. The average molecular weight is 237 g/mol. The van der Waals surface area contributed by atoms with Crippen molar-refractivity contribution >= 4 is 11.8 Å². The third-order valence-corrected chi connectivity index (χ3v) is 3.88. The third kappa shape index (κ3) is 3.76. The Balaban J connectivity index is 1.69. The van der Waals surface area contributed by atoms with Crippen molar-refractivity contribution in [2.45, 2.75) is 31.3 Å². The predicted octanol–water partition coefficient (Wildman–Crippen LogP) is 2.27. The van der Waals surface area contributed by atoms with Crippen LogP contribution < -0.4 is 5.32 Å². The van der Waals surface area contributed by atoms with E-state index in [0.717, 1.165) is 22.4 Å². The molecule has 4 heteroatoms. The van der Waals surface area contributed by atoms with Gasteiger partial charge in [-0.2, -0.15) is 0 Å². The lowest BCUT2D eigenvalue weighted by molar-refractivity contribution is 0.367. The molecule has 0 radical (unpaired) electrons. The molecular weight excluding hydrogens is 218 g/mol. The number of piperidine rings is 1. The van der Waals surface area contributed by atoms with Gasteiger partial charge >= 0.3 is 0 Å². The van der Waals surface area contributed by atoms with Crippen LogP contribution in [0.2, 0.25) is 0 Å². The molecule has 0 amide bonds. The summed E-state index contributed by atoms with van der Waals surface area (Å²) in [5, 5.41) is 4.31. The molecule has 1 N–H and O–H groups in total. The van der Waals surface area contributed by atoms with E-state index in [-0.39, 0.29) is 0 Å². The number of hydrogen-bond donors (Lipinski definition) is 1. The number of hydrogen-bond acceptors (Lipinski definition) is 4. The number of nitrogens with one attached hydrogen (secondary N) is 1. The molecule has 2 heterocycles. The van der Waals surface area contributed by atoms with Gasteiger partial charge in [0.15, 0.2) is 5.16 Å². The minimum absolute atomic E-state index is 0.902. The summed E-state index contributed by atoms with van der Waals surface area (Å²) in [6.45, 7) is 4.40. The first-order valence-electron chi connectivity index (χ1n) is 5.97. The van der Waals surface area contributed by atoms with Crippen LogP contribution in [0.3, 0.4) is 0 Å². The van der Waals surface area contributed by atoms with E-state index in [2.05, 4.69) is 15.3 Å². The smallest absolute Gasteiger partial charge is 0.187 e. The van der Waals surface area contributed by atoms with E-state index in [4.69, 9.17) is 0 Å². The molecule has 2 rings (SSSR count). The highest BCUT2D eigenvalue weighted by Crippen LogP contribution is 2.21. The van der Waals surface area contributed by atoms with Crippen LogP contribution in [0.5, 0.6) is 0 Å². The van der Waals surface area contributed by atoms with Gasteiger partial charge in [0.1, 0.15) is 0 Å². The van der Waals surface area contributed by atoms with Gasteiger partial charge in [0.05, 0.1) is 0 Å². The maximum atomic E-state index is 4.30. The summed E-state index contributed by atoms with van der Waals surface area (Å²) in [7, 11) is 0. The molecule has 1 aliphatic heterocycles. The third-order valence-electron chi connectivity index (χ3n) is 2.97. The molecule has 3 nitrogen and oxygen atoms in total. The normalized spacial score (nSPS) is 17.6. The van der Waals surface area contributed by atoms with Crippen LogP contribution in [-0.2, 0) is 0 Å². The van der Waals surface area contributed by atoms with Gasteiger partial charge in [-0.05, 0) is 50.8 Å². The molecule has 0 bridgehead atoms. The Morgan fingerprint density at radius 1 is 1.31 bits per heavy atom. The van der Waals surface area contributed by atoms with Crippen LogP contribution in [-0.4, -0.2) is 28.8 Å². The molecule has 1 aromatic rings. The standard InChI is InChI=1S/C12H19N3S/c1-10-8-14-12(15-9-10)16-7-4-11-2-5-13-6-3-11/h8-9,11,13H,2-7H2,1H3. The number of aromatic nitrogens is 2. The van der Waals surface area contributed by atoms with Crippen molar-refractivity contribution in [3.05, 3.63) is 18.0 Å². The lowest BCUT2D eigenvalue weighted by Gasteiger charge is -2.21. The van der Waals surface area contributed by atoms with Crippen LogP contribution >= 0.6 is 11.8 Å². The van der Waals surface area contributed by atoms with Gasteiger partial charge in [0.25, 0.3) is 0 Å². The first-order valence-corrected chi connectivity index (χ1v) is 6.95. The molecular formula is C12H19N3S. The summed E-state index contributed by atoms with van der Waals surface area (Å²) < 4.78 is 0. The fourth-order valence-corrected chi connectivity index (χ4v) is 2.83. The highest BCUT2D eigenvalue weighted by molar-refractivity contribution is 7.99. The van der Waals surface area contributed by atoms with Gasteiger partial charge in [0, 0.05) is 18.1 Å². The molecule has 16 heavy (non-hydrogen) atoms. The highest BCUT2D eigenvalue weighted by atomic mass is 32.2. The highest BCUT2D eigenvalue weighted by Gasteiger charge is 2.12. The van der Waals surface area contributed by atoms with Crippen molar-refractivity contribution in [1.82, 2.24) is 15.3 Å². The molecule has 1 saturated heterocycles. The number of rotatable bonds is 4. The minimum Gasteiger partial charge on any atom is -0.317 e. The predicted molar refractivity (Wildman–Crippen MR) is 67.7 cm³/mol. The molecule has 1 aromatic heterocycles. The molecule has 0 spiro atoms. The molecule has 0 aromatic carbocycles. The molecule has 0 saturated carbocycles. The zero-order valence-corrected chi connectivity index (χ0v) is 10.6. The van der Waals surface area contributed by atoms with E-state index in [1.807, 2.05) is 19.3 Å². The fraction of sp³-hybridized carbons (Fsp3) is 0.667. The van der Waals surface area contributed by atoms with Crippen LogP contribution in [0, 0.1) is 12.8 Å². The maximum absolute atomic E-state index is 4.30. The monoisotopic (exact) mass is 237 g/mol. The van der Waals surface area contributed by atoms with E-state index < -0.39 is 0 Å². The van der Waals surface area contributed by atoms with Gasteiger partial charge < -0.3 is 5.32 Å². The zero-order valence-electron chi connectivity index (χ0n) is 9.78. The number of nitrogens with zero attached hydrogens (tertiary/aromatic N) is 2. The average Bonchev–Trinajstić information content (AvgIpc) is 2.33. The van der Waals surface area contributed by atoms with E-state index in [1.165, 1.54) is 32.4 Å². The molecule has 0 aliphatic carbocycles. The van der Waals surface area contributed by atoms with Gasteiger partial charge in [-0.25, -0.2) is 9.97 Å². The van der Waals surface area contributed by atoms with Crippen molar-refractivity contribution in [2.75, 3.05) is 18.8 Å².